The molecule has 1 aromatic heterocycles. The summed E-state index contributed by atoms with van der Waals surface area (Å²) in [6.07, 6.45) is 9.23. The molecule has 1 fully saturated rings. The molecule has 4 N–H and O–H groups in total. The van der Waals surface area contributed by atoms with E-state index in [4.69, 9.17) is 17.3 Å². The zero-order valence-electron chi connectivity index (χ0n) is 13.1. The summed E-state index contributed by atoms with van der Waals surface area (Å²) in [6, 6.07) is 6.40. The molecule has 0 bridgehead atoms. The van der Waals surface area contributed by atoms with Crippen LogP contribution < -0.4 is 11.1 Å². The zero-order chi connectivity index (χ0) is 15.4. The Bertz CT molecular complexity index is 662. The van der Waals surface area contributed by atoms with Gasteiger partial charge in [-0.2, -0.15) is 0 Å². The number of rotatable bonds is 4. The van der Waals surface area contributed by atoms with Crippen LogP contribution in [-0.4, -0.2) is 23.5 Å². The third kappa shape index (κ3) is 5.01. The Labute approximate surface area is 159 Å². The number of nitrogens with one attached hydrogen (secondary N) is 2. The van der Waals surface area contributed by atoms with Gasteiger partial charge in [0, 0.05) is 34.7 Å². The van der Waals surface area contributed by atoms with E-state index in [1.54, 1.807) is 0 Å². The van der Waals surface area contributed by atoms with Crippen LogP contribution in [0.4, 0.5) is 0 Å². The summed E-state index contributed by atoms with van der Waals surface area (Å²) in [5.74, 6) is 0.574. The number of guanidine groups is 1. The summed E-state index contributed by atoms with van der Waals surface area (Å²) in [6.45, 7) is 0.686. The molecule has 0 saturated heterocycles. The molecule has 6 heteroatoms. The molecule has 1 heterocycles. The van der Waals surface area contributed by atoms with Crippen molar-refractivity contribution in [3.8, 4) is 0 Å². The van der Waals surface area contributed by atoms with Gasteiger partial charge in [-0.15, -0.1) is 24.0 Å². The number of halogens is 2. The fourth-order valence-electron chi connectivity index (χ4n) is 3.16. The molecular formula is C17H24ClIN4. The number of benzene rings is 1. The van der Waals surface area contributed by atoms with Crippen LogP contribution in [0.1, 0.15) is 37.7 Å². The lowest BCUT2D eigenvalue weighted by Crippen LogP contribution is -2.41. The van der Waals surface area contributed by atoms with Gasteiger partial charge in [0.15, 0.2) is 5.96 Å². The van der Waals surface area contributed by atoms with Crippen molar-refractivity contribution in [2.24, 2.45) is 10.7 Å². The maximum absolute atomic E-state index is 6.07. The number of hydrogen-bond donors (Lipinski definition) is 3. The fourth-order valence-corrected chi connectivity index (χ4v) is 3.33. The molecule has 4 nitrogen and oxygen atoms in total. The van der Waals surface area contributed by atoms with Crippen molar-refractivity contribution in [1.82, 2.24) is 10.3 Å². The summed E-state index contributed by atoms with van der Waals surface area (Å²) >= 11 is 6.07. The van der Waals surface area contributed by atoms with E-state index in [9.17, 15) is 0 Å². The van der Waals surface area contributed by atoms with Gasteiger partial charge in [-0.25, -0.2) is 0 Å². The number of hydrogen-bond acceptors (Lipinski definition) is 1. The van der Waals surface area contributed by atoms with Crippen LogP contribution in [0.25, 0.3) is 10.9 Å². The Morgan fingerprint density at radius 1 is 1.30 bits per heavy atom. The molecule has 1 aromatic carbocycles. The van der Waals surface area contributed by atoms with Gasteiger partial charge in [-0.05, 0) is 43.0 Å². The maximum Gasteiger partial charge on any atom is 0.188 e. The minimum absolute atomic E-state index is 0. The Balaban J connectivity index is 0.00000192. The van der Waals surface area contributed by atoms with Crippen molar-refractivity contribution in [3.63, 3.8) is 0 Å². The van der Waals surface area contributed by atoms with Gasteiger partial charge in [0.1, 0.15) is 0 Å². The first kappa shape index (κ1) is 18.4. The topological polar surface area (TPSA) is 66.2 Å². The largest absolute Gasteiger partial charge is 0.370 e. The second kappa shape index (κ2) is 8.78. The van der Waals surface area contributed by atoms with Crippen LogP contribution in [-0.2, 0) is 6.42 Å². The van der Waals surface area contributed by atoms with Gasteiger partial charge in [0.25, 0.3) is 0 Å². The van der Waals surface area contributed by atoms with Gasteiger partial charge in [-0.1, -0.05) is 30.9 Å². The summed E-state index contributed by atoms with van der Waals surface area (Å²) in [5.41, 5.74) is 8.33. The van der Waals surface area contributed by atoms with Gasteiger partial charge >= 0.3 is 0 Å². The number of aromatic nitrogens is 1. The van der Waals surface area contributed by atoms with E-state index in [1.807, 2.05) is 24.4 Å². The molecule has 3 rings (SSSR count). The highest BCUT2D eigenvalue weighted by atomic mass is 127. The van der Waals surface area contributed by atoms with E-state index in [0.717, 1.165) is 17.0 Å². The first-order valence-electron chi connectivity index (χ1n) is 8.04. The molecule has 0 amide bonds. The first-order valence-corrected chi connectivity index (χ1v) is 8.42. The monoisotopic (exact) mass is 446 g/mol. The molecule has 0 spiro atoms. The molecule has 126 valence electrons. The Morgan fingerprint density at radius 3 is 2.87 bits per heavy atom. The summed E-state index contributed by atoms with van der Waals surface area (Å²) < 4.78 is 0. The number of fused-ring (bicyclic) bond motifs is 1. The minimum Gasteiger partial charge on any atom is -0.370 e. The van der Waals surface area contributed by atoms with Crippen LogP contribution in [0.2, 0.25) is 5.02 Å². The molecule has 2 aromatic rings. The van der Waals surface area contributed by atoms with Crippen molar-refractivity contribution < 1.29 is 0 Å². The zero-order valence-corrected chi connectivity index (χ0v) is 16.2. The molecule has 1 saturated carbocycles. The van der Waals surface area contributed by atoms with E-state index in [1.165, 1.54) is 43.1 Å². The van der Waals surface area contributed by atoms with E-state index in [0.29, 0.717) is 18.5 Å². The quantitative estimate of drug-likeness (QED) is 0.374. The molecular weight excluding hydrogens is 423 g/mol. The molecule has 0 atom stereocenters. The fraction of sp³-hybridized carbons (Fsp3) is 0.471. The predicted molar refractivity (Wildman–Crippen MR) is 109 cm³/mol. The molecule has 1 aliphatic rings. The second-order valence-electron chi connectivity index (χ2n) is 6.00. The third-order valence-electron chi connectivity index (χ3n) is 4.35. The van der Waals surface area contributed by atoms with Gasteiger partial charge < -0.3 is 16.0 Å². The van der Waals surface area contributed by atoms with Gasteiger partial charge in [0.05, 0.1) is 0 Å². The van der Waals surface area contributed by atoms with Crippen molar-refractivity contribution in [2.75, 3.05) is 6.54 Å². The summed E-state index contributed by atoms with van der Waals surface area (Å²) in [7, 11) is 0. The Kier molecular flexibility index (Phi) is 7.02. The Morgan fingerprint density at radius 2 is 2.09 bits per heavy atom. The number of H-pyrrole nitrogens is 1. The van der Waals surface area contributed by atoms with Gasteiger partial charge in [-0.3, -0.25) is 4.99 Å². The molecule has 0 unspecified atom stereocenters. The third-order valence-corrected chi connectivity index (χ3v) is 4.59. The lowest BCUT2D eigenvalue weighted by Gasteiger charge is -2.23. The highest BCUT2D eigenvalue weighted by molar-refractivity contribution is 14.0. The molecule has 0 radical (unpaired) electrons. The van der Waals surface area contributed by atoms with Crippen molar-refractivity contribution >= 4 is 52.4 Å². The summed E-state index contributed by atoms with van der Waals surface area (Å²) in [4.78, 5) is 7.72. The van der Waals surface area contributed by atoms with E-state index in [-0.39, 0.29) is 24.0 Å². The minimum atomic E-state index is 0. The Hall–Kier alpha value is -0.950. The number of nitrogens with two attached hydrogens (primary N) is 1. The number of aliphatic imine (C=N–C) groups is 1. The first-order chi connectivity index (χ1) is 10.7. The standard InChI is InChI=1S/C17H23ClN4.HI/c18-13-6-7-16-15(10-13)12(11-21-16)8-9-20-17(19)22-14-4-2-1-3-5-14;/h6-7,10-11,14,21H,1-5,8-9H2,(H3,19,20,22);1H. The van der Waals surface area contributed by atoms with Crippen LogP contribution in [0, 0.1) is 0 Å². The predicted octanol–water partition coefficient (Wildman–Crippen LogP) is 4.22. The number of aromatic amines is 1. The lowest BCUT2D eigenvalue weighted by molar-refractivity contribution is 0.412. The van der Waals surface area contributed by atoms with E-state index in [2.05, 4.69) is 15.3 Å². The molecule has 0 aliphatic heterocycles. The smallest absolute Gasteiger partial charge is 0.188 e. The van der Waals surface area contributed by atoms with E-state index >= 15 is 0 Å². The molecule has 23 heavy (non-hydrogen) atoms. The average Bonchev–Trinajstić information content (AvgIpc) is 2.91. The van der Waals surface area contributed by atoms with Crippen LogP contribution in [0.15, 0.2) is 29.4 Å². The second-order valence-corrected chi connectivity index (χ2v) is 6.44. The van der Waals surface area contributed by atoms with Crippen molar-refractivity contribution in [1.29, 1.82) is 0 Å². The summed E-state index contributed by atoms with van der Waals surface area (Å²) in [5, 5.41) is 5.27. The SMILES string of the molecule is I.NC(=NCCc1c[nH]c2ccc(Cl)cc12)NC1CCCCC1. The lowest BCUT2D eigenvalue weighted by atomic mass is 9.96. The van der Waals surface area contributed by atoms with Gasteiger partial charge in [0.2, 0.25) is 0 Å². The van der Waals surface area contributed by atoms with Crippen LogP contribution >= 0.6 is 35.6 Å². The van der Waals surface area contributed by atoms with Crippen molar-refractivity contribution in [2.45, 2.75) is 44.6 Å². The van der Waals surface area contributed by atoms with E-state index < -0.39 is 0 Å². The number of nitrogens with zero attached hydrogens (tertiary/aromatic N) is 1. The van der Waals surface area contributed by atoms with Crippen LogP contribution in [0.5, 0.6) is 0 Å². The average molecular weight is 447 g/mol. The van der Waals surface area contributed by atoms with Crippen molar-refractivity contribution in [3.05, 3.63) is 35.0 Å². The normalized spacial score (nSPS) is 16.3. The highest BCUT2D eigenvalue weighted by Gasteiger charge is 2.13. The van der Waals surface area contributed by atoms with Crippen LogP contribution in [0.3, 0.4) is 0 Å². The molecule has 1 aliphatic carbocycles. The maximum atomic E-state index is 6.07. The highest BCUT2D eigenvalue weighted by Crippen LogP contribution is 2.22.